The zero-order valence-electron chi connectivity index (χ0n) is 12.9. The number of hydrogen-bond acceptors (Lipinski definition) is 4. The zero-order chi connectivity index (χ0) is 16.8. The van der Waals surface area contributed by atoms with Crippen molar-refractivity contribution in [1.29, 1.82) is 0 Å². The van der Waals surface area contributed by atoms with Crippen LogP contribution in [0.4, 0.5) is 5.69 Å². The van der Waals surface area contributed by atoms with Crippen LogP contribution in [0, 0.1) is 10.1 Å². The molecule has 0 unspecified atom stereocenters. The third-order valence-electron chi connectivity index (χ3n) is 3.04. The van der Waals surface area contributed by atoms with Gasteiger partial charge >= 0.3 is 0 Å². The largest absolute Gasteiger partial charge is 0.490 e. The van der Waals surface area contributed by atoms with Crippen LogP contribution in [0.1, 0.15) is 29.8 Å². The number of nitro groups is 1. The van der Waals surface area contributed by atoms with Gasteiger partial charge in [0.15, 0.2) is 5.78 Å². The summed E-state index contributed by atoms with van der Waals surface area (Å²) in [6, 6.07) is 13.1. The Hall–Kier alpha value is -2.95. The predicted octanol–water partition coefficient (Wildman–Crippen LogP) is 4.28. The van der Waals surface area contributed by atoms with Crippen LogP contribution in [0.15, 0.2) is 54.6 Å². The molecule has 0 saturated heterocycles. The number of nitrogens with zero attached hydrogens (tertiary/aromatic N) is 1. The molecule has 0 saturated carbocycles. The number of ether oxygens (including phenoxy) is 1. The van der Waals surface area contributed by atoms with E-state index in [9.17, 15) is 14.9 Å². The monoisotopic (exact) mass is 311 g/mol. The van der Waals surface area contributed by atoms with E-state index >= 15 is 0 Å². The van der Waals surface area contributed by atoms with Gasteiger partial charge in [0, 0.05) is 23.3 Å². The number of hydrogen-bond donors (Lipinski definition) is 0. The molecule has 0 heterocycles. The fraction of sp³-hybridized carbons (Fsp3) is 0.167. The van der Waals surface area contributed by atoms with E-state index in [1.807, 2.05) is 38.1 Å². The smallest absolute Gasteiger partial charge is 0.270 e. The number of carbonyl (C=O) groups excluding carboxylic acids is 1. The first-order valence-corrected chi connectivity index (χ1v) is 7.20. The summed E-state index contributed by atoms with van der Waals surface area (Å²) in [5, 5.41) is 10.8. The van der Waals surface area contributed by atoms with Crippen molar-refractivity contribution < 1.29 is 14.5 Å². The third-order valence-corrected chi connectivity index (χ3v) is 3.04. The summed E-state index contributed by atoms with van der Waals surface area (Å²) in [4.78, 5) is 22.4. The van der Waals surface area contributed by atoms with Gasteiger partial charge in [-0.15, -0.1) is 0 Å². The Morgan fingerprint density at radius 3 is 2.61 bits per heavy atom. The molecule has 0 bridgehead atoms. The zero-order valence-corrected chi connectivity index (χ0v) is 12.9. The van der Waals surface area contributed by atoms with E-state index < -0.39 is 4.92 Å². The number of nitro benzene ring substituents is 1. The molecule has 0 aromatic heterocycles. The van der Waals surface area contributed by atoms with Crippen molar-refractivity contribution in [2.75, 3.05) is 0 Å². The van der Waals surface area contributed by atoms with E-state index in [1.54, 1.807) is 12.1 Å². The molecule has 0 aliphatic carbocycles. The van der Waals surface area contributed by atoms with Gasteiger partial charge in [0.2, 0.25) is 0 Å². The lowest BCUT2D eigenvalue weighted by Crippen LogP contribution is -2.06. The van der Waals surface area contributed by atoms with Crippen molar-refractivity contribution in [3.8, 4) is 5.75 Å². The number of benzene rings is 2. The molecule has 0 N–H and O–H groups in total. The molecule has 0 radical (unpaired) electrons. The number of carbonyl (C=O) groups is 1. The highest BCUT2D eigenvalue weighted by atomic mass is 16.6. The second kappa shape index (κ2) is 7.35. The van der Waals surface area contributed by atoms with E-state index in [4.69, 9.17) is 4.74 Å². The standard InChI is InChI=1S/C18H17NO4/c1-13(2)23-18-9-4-3-6-14(18)10-11-17(20)15-7-5-8-16(12-15)19(21)22/h3-13H,1-2H3/b11-10+. The number of non-ortho nitro benzene ring substituents is 1. The van der Waals surface area contributed by atoms with Gasteiger partial charge in [-0.25, -0.2) is 0 Å². The van der Waals surface area contributed by atoms with Gasteiger partial charge in [0.25, 0.3) is 5.69 Å². The Labute approximate surface area is 134 Å². The maximum atomic E-state index is 12.2. The van der Waals surface area contributed by atoms with Gasteiger partial charge in [-0.05, 0) is 32.1 Å². The maximum absolute atomic E-state index is 12.2. The summed E-state index contributed by atoms with van der Waals surface area (Å²) in [5.41, 5.74) is 0.950. The highest BCUT2D eigenvalue weighted by Gasteiger charge is 2.09. The molecule has 0 aliphatic rings. The topological polar surface area (TPSA) is 69.4 Å². The molecule has 2 rings (SSSR count). The molecule has 0 spiro atoms. The first-order chi connectivity index (χ1) is 11.0. The van der Waals surface area contributed by atoms with Gasteiger partial charge in [0.1, 0.15) is 5.75 Å². The first kappa shape index (κ1) is 16.4. The molecule has 118 valence electrons. The van der Waals surface area contributed by atoms with Crippen LogP contribution in [0.5, 0.6) is 5.75 Å². The van der Waals surface area contributed by atoms with Crippen LogP contribution >= 0.6 is 0 Å². The molecule has 2 aromatic rings. The Kier molecular flexibility index (Phi) is 5.25. The lowest BCUT2D eigenvalue weighted by atomic mass is 10.1. The molecule has 5 heteroatoms. The van der Waals surface area contributed by atoms with Crippen molar-refractivity contribution in [2.24, 2.45) is 0 Å². The molecule has 0 atom stereocenters. The number of para-hydroxylation sites is 1. The summed E-state index contributed by atoms with van der Waals surface area (Å²) in [7, 11) is 0. The number of allylic oxidation sites excluding steroid dienone is 1. The Balaban J connectivity index is 2.22. The maximum Gasteiger partial charge on any atom is 0.270 e. The van der Waals surface area contributed by atoms with E-state index in [0.29, 0.717) is 5.75 Å². The summed E-state index contributed by atoms with van der Waals surface area (Å²) in [5.74, 6) is 0.388. The molecule has 0 aliphatic heterocycles. The van der Waals surface area contributed by atoms with Crippen molar-refractivity contribution in [3.63, 3.8) is 0 Å². The predicted molar refractivity (Wildman–Crippen MR) is 88.7 cm³/mol. The van der Waals surface area contributed by atoms with Crippen LogP contribution in [0.2, 0.25) is 0 Å². The lowest BCUT2D eigenvalue weighted by molar-refractivity contribution is -0.384. The van der Waals surface area contributed by atoms with Crippen molar-refractivity contribution in [1.82, 2.24) is 0 Å². The van der Waals surface area contributed by atoms with E-state index in [1.165, 1.54) is 24.3 Å². The minimum Gasteiger partial charge on any atom is -0.490 e. The highest BCUT2D eigenvalue weighted by Crippen LogP contribution is 2.21. The Bertz CT molecular complexity index is 750. The molecule has 2 aromatic carbocycles. The van der Waals surface area contributed by atoms with Crippen LogP contribution in [0.25, 0.3) is 6.08 Å². The first-order valence-electron chi connectivity index (χ1n) is 7.20. The average molecular weight is 311 g/mol. The third kappa shape index (κ3) is 4.51. The molecule has 0 amide bonds. The van der Waals surface area contributed by atoms with Crippen molar-refractivity contribution in [3.05, 3.63) is 75.8 Å². The van der Waals surface area contributed by atoms with Crippen LogP contribution in [-0.2, 0) is 0 Å². The van der Waals surface area contributed by atoms with Gasteiger partial charge in [-0.1, -0.05) is 30.3 Å². The molecule has 5 nitrogen and oxygen atoms in total. The fourth-order valence-corrected chi connectivity index (χ4v) is 2.01. The minimum atomic E-state index is -0.522. The highest BCUT2D eigenvalue weighted by molar-refractivity contribution is 6.07. The SMILES string of the molecule is CC(C)Oc1ccccc1/C=C/C(=O)c1cccc([N+](=O)[O-])c1. The molecule has 0 fully saturated rings. The Morgan fingerprint density at radius 2 is 1.91 bits per heavy atom. The number of rotatable bonds is 6. The van der Waals surface area contributed by atoms with Gasteiger partial charge in [0.05, 0.1) is 11.0 Å². The molecular weight excluding hydrogens is 294 g/mol. The Morgan fingerprint density at radius 1 is 1.17 bits per heavy atom. The van der Waals surface area contributed by atoms with Gasteiger partial charge in [-0.3, -0.25) is 14.9 Å². The minimum absolute atomic E-state index is 0.0250. The second-order valence-corrected chi connectivity index (χ2v) is 5.21. The summed E-state index contributed by atoms with van der Waals surface area (Å²) in [6.45, 7) is 3.85. The molecular formula is C18H17NO4. The normalized spacial score (nSPS) is 10.9. The molecule has 23 heavy (non-hydrogen) atoms. The summed E-state index contributed by atoms with van der Waals surface area (Å²) >= 11 is 0. The van der Waals surface area contributed by atoms with Crippen LogP contribution in [-0.4, -0.2) is 16.8 Å². The van der Waals surface area contributed by atoms with E-state index in [2.05, 4.69) is 0 Å². The van der Waals surface area contributed by atoms with Gasteiger partial charge < -0.3 is 4.74 Å². The van der Waals surface area contributed by atoms with Crippen LogP contribution < -0.4 is 4.74 Å². The second-order valence-electron chi connectivity index (χ2n) is 5.21. The van der Waals surface area contributed by atoms with Crippen molar-refractivity contribution >= 4 is 17.5 Å². The summed E-state index contributed by atoms with van der Waals surface area (Å²) in [6.07, 6.45) is 3.07. The van der Waals surface area contributed by atoms with E-state index in [-0.39, 0.29) is 23.1 Å². The lowest BCUT2D eigenvalue weighted by Gasteiger charge is -2.11. The van der Waals surface area contributed by atoms with Crippen LogP contribution in [0.3, 0.4) is 0 Å². The fourth-order valence-electron chi connectivity index (χ4n) is 2.01. The summed E-state index contributed by atoms with van der Waals surface area (Å²) < 4.78 is 5.68. The van der Waals surface area contributed by atoms with Gasteiger partial charge in [-0.2, -0.15) is 0 Å². The quantitative estimate of drug-likeness (QED) is 0.345. The average Bonchev–Trinajstić information content (AvgIpc) is 2.53. The van der Waals surface area contributed by atoms with E-state index in [0.717, 1.165) is 5.56 Å². The number of ketones is 1. The van der Waals surface area contributed by atoms with Crippen molar-refractivity contribution in [2.45, 2.75) is 20.0 Å².